The third kappa shape index (κ3) is 4.53. The molecule has 6 nitrogen and oxygen atoms in total. The van der Waals surface area contributed by atoms with Crippen molar-refractivity contribution in [3.05, 3.63) is 47.5 Å². The summed E-state index contributed by atoms with van der Waals surface area (Å²) in [6, 6.07) is 8.98. The predicted octanol–water partition coefficient (Wildman–Crippen LogP) is 3.67. The smallest absolute Gasteiger partial charge is 0.387 e. The number of hydrogen-bond acceptors (Lipinski definition) is 6. The highest BCUT2D eigenvalue weighted by Gasteiger charge is 2.16. The molecule has 0 N–H and O–H groups in total. The lowest BCUT2D eigenvalue weighted by molar-refractivity contribution is -0.0512. The number of halogens is 2. The van der Waals surface area contributed by atoms with E-state index in [-0.39, 0.29) is 23.7 Å². The Morgan fingerprint density at radius 2 is 1.69 bits per heavy atom. The van der Waals surface area contributed by atoms with Crippen molar-refractivity contribution in [3.8, 4) is 23.0 Å². The monoisotopic (exact) mass is 368 g/mol. The Kier molecular flexibility index (Phi) is 6.60. The van der Waals surface area contributed by atoms with E-state index in [1.165, 1.54) is 39.5 Å². The van der Waals surface area contributed by atoms with Gasteiger partial charge in [-0.3, -0.25) is 0 Å². The molecule has 8 heteroatoms. The van der Waals surface area contributed by atoms with Gasteiger partial charge in [-0.2, -0.15) is 8.78 Å². The van der Waals surface area contributed by atoms with Crippen LogP contribution < -0.4 is 18.9 Å². The van der Waals surface area contributed by atoms with Crippen LogP contribution >= 0.6 is 0 Å². The Bertz CT molecular complexity index is 763. The molecule has 0 radical (unpaired) electrons. The van der Waals surface area contributed by atoms with Crippen LogP contribution in [0.5, 0.6) is 23.0 Å². The van der Waals surface area contributed by atoms with Gasteiger partial charge in [0.25, 0.3) is 0 Å². The molecule has 2 aromatic rings. The van der Waals surface area contributed by atoms with Crippen LogP contribution in [0.15, 0.2) is 36.4 Å². The molecule has 0 atom stereocenters. The molecule has 0 aromatic heterocycles. The van der Waals surface area contributed by atoms with Crippen LogP contribution in [-0.2, 0) is 11.3 Å². The number of para-hydroxylation sites is 1. The number of rotatable bonds is 8. The molecule has 0 saturated heterocycles. The van der Waals surface area contributed by atoms with E-state index in [1.807, 2.05) is 0 Å². The molecule has 0 saturated carbocycles. The van der Waals surface area contributed by atoms with Crippen LogP contribution in [0.25, 0.3) is 0 Å². The molecule has 140 valence electrons. The first-order valence-electron chi connectivity index (χ1n) is 7.50. The van der Waals surface area contributed by atoms with Gasteiger partial charge in [-0.1, -0.05) is 12.1 Å². The first-order chi connectivity index (χ1) is 12.5. The van der Waals surface area contributed by atoms with Crippen molar-refractivity contribution < 1.29 is 37.3 Å². The zero-order valence-electron chi connectivity index (χ0n) is 14.5. The van der Waals surface area contributed by atoms with Crippen molar-refractivity contribution in [1.82, 2.24) is 0 Å². The molecule has 0 fully saturated rings. The molecule has 2 aromatic carbocycles. The van der Waals surface area contributed by atoms with E-state index in [0.717, 1.165) is 0 Å². The Balaban J connectivity index is 2.13. The SMILES string of the molecule is COc1cc(C(=O)OCc2cccc(OC)c2OC)ccc1OC(F)F. The van der Waals surface area contributed by atoms with Gasteiger partial charge >= 0.3 is 12.6 Å². The van der Waals surface area contributed by atoms with Crippen molar-refractivity contribution in [2.45, 2.75) is 13.2 Å². The van der Waals surface area contributed by atoms with Crippen LogP contribution in [0.1, 0.15) is 15.9 Å². The Morgan fingerprint density at radius 3 is 2.31 bits per heavy atom. The third-order valence-corrected chi connectivity index (χ3v) is 3.46. The van der Waals surface area contributed by atoms with Gasteiger partial charge in [0, 0.05) is 5.56 Å². The molecule has 0 unspecified atom stereocenters. The average Bonchev–Trinajstić information content (AvgIpc) is 2.65. The topological polar surface area (TPSA) is 63.2 Å². The summed E-state index contributed by atoms with van der Waals surface area (Å²) < 4.78 is 49.7. The van der Waals surface area contributed by atoms with E-state index >= 15 is 0 Å². The standard InChI is InChI=1S/C18H18F2O6/c1-22-14-6-4-5-12(16(14)24-3)10-25-17(21)11-7-8-13(26-18(19)20)15(9-11)23-2/h4-9,18H,10H2,1-3H3. The maximum absolute atomic E-state index is 12.3. The van der Waals surface area contributed by atoms with Gasteiger partial charge < -0.3 is 23.7 Å². The highest BCUT2D eigenvalue weighted by molar-refractivity contribution is 5.90. The number of hydrogen-bond donors (Lipinski definition) is 0. The second-order valence-corrected chi connectivity index (χ2v) is 4.97. The number of alkyl halides is 2. The summed E-state index contributed by atoms with van der Waals surface area (Å²) in [6.07, 6.45) is 0. The lowest BCUT2D eigenvalue weighted by atomic mass is 10.2. The first-order valence-corrected chi connectivity index (χ1v) is 7.50. The molecule has 26 heavy (non-hydrogen) atoms. The average molecular weight is 368 g/mol. The zero-order valence-corrected chi connectivity index (χ0v) is 14.5. The molecular weight excluding hydrogens is 350 g/mol. The van der Waals surface area contributed by atoms with Gasteiger partial charge in [-0.15, -0.1) is 0 Å². The molecular formula is C18H18F2O6. The second-order valence-electron chi connectivity index (χ2n) is 4.97. The number of ether oxygens (including phenoxy) is 5. The Labute approximate surface area is 149 Å². The summed E-state index contributed by atoms with van der Waals surface area (Å²) in [5.41, 5.74) is 0.746. The fourth-order valence-electron chi connectivity index (χ4n) is 2.28. The molecule has 0 amide bonds. The zero-order chi connectivity index (χ0) is 19.1. The first kappa shape index (κ1) is 19.3. The highest BCUT2D eigenvalue weighted by atomic mass is 19.3. The molecule has 0 aliphatic heterocycles. The highest BCUT2D eigenvalue weighted by Crippen LogP contribution is 2.32. The van der Waals surface area contributed by atoms with Crippen molar-refractivity contribution in [2.24, 2.45) is 0 Å². The lowest BCUT2D eigenvalue weighted by Crippen LogP contribution is -2.08. The molecule has 0 heterocycles. The van der Waals surface area contributed by atoms with E-state index in [4.69, 9.17) is 18.9 Å². The largest absolute Gasteiger partial charge is 0.493 e. The van der Waals surface area contributed by atoms with Crippen LogP contribution in [0.4, 0.5) is 8.78 Å². The van der Waals surface area contributed by atoms with Gasteiger partial charge in [0.05, 0.1) is 26.9 Å². The van der Waals surface area contributed by atoms with Crippen molar-refractivity contribution in [2.75, 3.05) is 21.3 Å². The predicted molar refractivity (Wildman–Crippen MR) is 88.3 cm³/mol. The summed E-state index contributed by atoms with van der Waals surface area (Å²) in [6.45, 7) is -3.06. The minimum Gasteiger partial charge on any atom is -0.493 e. The Morgan fingerprint density at radius 1 is 0.962 bits per heavy atom. The van der Waals surface area contributed by atoms with Crippen LogP contribution in [0, 0.1) is 0 Å². The molecule has 2 rings (SSSR count). The van der Waals surface area contributed by atoms with Crippen LogP contribution in [-0.4, -0.2) is 33.9 Å². The quantitative estimate of drug-likeness (QED) is 0.663. The molecule has 0 aliphatic rings. The Hall–Kier alpha value is -3.03. The van der Waals surface area contributed by atoms with Crippen LogP contribution in [0.2, 0.25) is 0 Å². The number of esters is 1. The van der Waals surface area contributed by atoms with Crippen molar-refractivity contribution in [3.63, 3.8) is 0 Å². The lowest BCUT2D eigenvalue weighted by Gasteiger charge is -2.13. The number of carbonyl (C=O) groups is 1. The summed E-state index contributed by atoms with van der Waals surface area (Å²) in [5, 5.41) is 0. The summed E-state index contributed by atoms with van der Waals surface area (Å²) in [5.74, 6) is 0.140. The van der Waals surface area contributed by atoms with Gasteiger partial charge in [-0.25, -0.2) is 4.79 Å². The minimum atomic E-state index is -3.00. The number of carbonyl (C=O) groups excluding carboxylic acids is 1. The van der Waals surface area contributed by atoms with Crippen molar-refractivity contribution in [1.29, 1.82) is 0 Å². The van der Waals surface area contributed by atoms with E-state index < -0.39 is 12.6 Å². The fraction of sp³-hybridized carbons (Fsp3) is 0.278. The minimum absolute atomic E-state index is 0.00119. The number of methoxy groups -OCH3 is 3. The summed E-state index contributed by atoms with van der Waals surface area (Å²) >= 11 is 0. The van der Waals surface area contributed by atoms with Crippen LogP contribution in [0.3, 0.4) is 0 Å². The summed E-state index contributed by atoms with van der Waals surface area (Å²) in [7, 11) is 4.27. The van der Waals surface area contributed by atoms with E-state index in [9.17, 15) is 13.6 Å². The third-order valence-electron chi connectivity index (χ3n) is 3.46. The van der Waals surface area contributed by atoms with E-state index in [0.29, 0.717) is 17.1 Å². The van der Waals surface area contributed by atoms with Crippen molar-refractivity contribution >= 4 is 5.97 Å². The maximum atomic E-state index is 12.3. The van der Waals surface area contributed by atoms with Gasteiger partial charge in [-0.05, 0) is 24.3 Å². The van der Waals surface area contributed by atoms with E-state index in [2.05, 4.69) is 4.74 Å². The van der Waals surface area contributed by atoms with Gasteiger partial charge in [0.15, 0.2) is 23.0 Å². The normalized spacial score (nSPS) is 10.4. The fourth-order valence-corrected chi connectivity index (χ4v) is 2.28. The number of benzene rings is 2. The molecule has 0 aliphatic carbocycles. The molecule has 0 spiro atoms. The summed E-state index contributed by atoms with van der Waals surface area (Å²) in [4.78, 5) is 12.2. The van der Waals surface area contributed by atoms with Gasteiger partial charge in [0.2, 0.25) is 0 Å². The maximum Gasteiger partial charge on any atom is 0.387 e. The second kappa shape index (κ2) is 8.89. The van der Waals surface area contributed by atoms with E-state index in [1.54, 1.807) is 18.2 Å². The molecule has 0 bridgehead atoms. The van der Waals surface area contributed by atoms with Gasteiger partial charge in [0.1, 0.15) is 6.61 Å².